The Balaban J connectivity index is 1.57. The van der Waals surface area contributed by atoms with E-state index in [9.17, 15) is 9.59 Å². The average molecular weight is 507 g/mol. The molecule has 1 N–H and O–H groups in total. The molecule has 2 amide bonds. The van der Waals surface area contributed by atoms with Crippen molar-refractivity contribution in [3.05, 3.63) is 77.9 Å². The van der Waals surface area contributed by atoms with E-state index in [1.807, 2.05) is 30.3 Å². The van der Waals surface area contributed by atoms with Crippen LogP contribution >= 0.6 is 11.8 Å². The van der Waals surface area contributed by atoms with E-state index >= 15 is 0 Å². The predicted octanol–water partition coefficient (Wildman–Crippen LogP) is 5.91. The van der Waals surface area contributed by atoms with Gasteiger partial charge < -0.3 is 19.5 Å². The van der Waals surface area contributed by atoms with Gasteiger partial charge in [0.2, 0.25) is 5.91 Å². The van der Waals surface area contributed by atoms with Gasteiger partial charge in [0, 0.05) is 22.9 Å². The molecule has 0 aliphatic carbocycles. The van der Waals surface area contributed by atoms with Crippen LogP contribution in [0.2, 0.25) is 0 Å². The quantitative estimate of drug-likeness (QED) is 0.344. The molecule has 8 heteroatoms. The lowest BCUT2D eigenvalue weighted by atomic mass is 10.1. The Hall–Kier alpha value is -3.65. The molecule has 0 radical (unpaired) electrons. The Kier molecular flexibility index (Phi) is 8.38. The van der Waals surface area contributed by atoms with Gasteiger partial charge in [0.15, 0.2) is 0 Å². The van der Waals surface area contributed by atoms with E-state index < -0.39 is 0 Å². The molecular formula is C28H30N2O5S. The molecule has 3 aromatic rings. The van der Waals surface area contributed by atoms with Gasteiger partial charge in [-0.3, -0.25) is 14.5 Å². The van der Waals surface area contributed by atoms with E-state index in [0.717, 1.165) is 24.2 Å². The van der Waals surface area contributed by atoms with Crippen LogP contribution in [0.4, 0.5) is 11.4 Å². The van der Waals surface area contributed by atoms with Crippen LogP contribution in [0.3, 0.4) is 0 Å². The number of para-hydroxylation sites is 1. The SMILES string of the molecule is CCCCOc1ccc(C(=O)Nc2ccccc2[C@@H]2SCC(=O)N2c2ccc(OC)cc2OC)cc1. The molecule has 188 valence electrons. The molecule has 1 atom stereocenters. The van der Waals surface area contributed by atoms with Crippen LogP contribution in [-0.2, 0) is 4.79 Å². The first-order valence-corrected chi connectivity index (χ1v) is 12.9. The highest BCUT2D eigenvalue weighted by atomic mass is 32.2. The van der Waals surface area contributed by atoms with Crippen LogP contribution in [0.5, 0.6) is 17.2 Å². The number of methoxy groups -OCH3 is 2. The normalized spacial score (nSPS) is 15.0. The Morgan fingerprint density at radius 3 is 2.50 bits per heavy atom. The zero-order chi connectivity index (χ0) is 25.5. The summed E-state index contributed by atoms with van der Waals surface area (Å²) in [5.74, 6) is 1.98. The fourth-order valence-corrected chi connectivity index (χ4v) is 5.16. The minimum Gasteiger partial charge on any atom is -0.497 e. The number of nitrogens with one attached hydrogen (secondary N) is 1. The maximum absolute atomic E-state index is 13.1. The molecule has 3 aromatic carbocycles. The highest BCUT2D eigenvalue weighted by Gasteiger charge is 2.37. The number of amides is 2. The van der Waals surface area contributed by atoms with E-state index in [4.69, 9.17) is 14.2 Å². The van der Waals surface area contributed by atoms with Crippen molar-refractivity contribution >= 4 is 35.0 Å². The number of hydrogen-bond acceptors (Lipinski definition) is 6. The Bertz CT molecular complexity index is 1210. The highest BCUT2D eigenvalue weighted by molar-refractivity contribution is 8.00. The van der Waals surface area contributed by atoms with Gasteiger partial charge in [0.1, 0.15) is 22.6 Å². The van der Waals surface area contributed by atoms with Crippen molar-refractivity contribution in [1.82, 2.24) is 0 Å². The minimum absolute atomic E-state index is 0.0340. The molecule has 0 spiro atoms. The van der Waals surface area contributed by atoms with E-state index in [2.05, 4.69) is 12.2 Å². The maximum atomic E-state index is 13.1. The molecule has 0 unspecified atom stereocenters. The van der Waals surface area contributed by atoms with Crippen molar-refractivity contribution in [2.75, 3.05) is 36.8 Å². The fraction of sp³-hybridized carbons (Fsp3) is 0.286. The third kappa shape index (κ3) is 5.60. The Labute approximate surface area is 215 Å². The molecule has 36 heavy (non-hydrogen) atoms. The van der Waals surface area contributed by atoms with Gasteiger partial charge in [-0.25, -0.2) is 0 Å². The van der Waals surface area contributed by atoms with Crippen LogP contribution in [0.1, 0.15) is 41.1 Å². The molecular weight excluding hydrogens is 476 g/mol. The van der Waals surface area contributed by atoms with Crippen molar-refractivity contribution < 1.29 is 23.8 Å². The highest BCUT2D eigenvalue weighted by Crippen LogP contribution is 2.47. The van der Waals surface area contributed by atoms with Gasteiger partial charge in [0.05, 0.1) is 32.3 Å². The Morgan fingerprint density at radius 1 is 1.03 bits per heavy atom. The predicted molar refractivity (Wildman–Crippen MR) is 143 cm³/mol. The lowest BCUT2D eigenvalue weighted by Gasteiger charge is -2.27. The van der Waals surface area contributed by atoms with Gasteiger partial charge in [-0.1, -0.05) is 31.5 Å². The molecule has 1 aliphatic rings. The van der Waals surface area contributed by atoms with Crippen LogP contribution in [0.15, 0.2) is 66.7 Å². The van der Waals surface area contributed by atoms with Gasteiger partial charge in [-0.05, 0) is 48.9 Å². The second-order valence-corrected chi connectivity index (χ2v) is 9.30. The summed E-state index contributed by atoms with van der Waals surface area (Å²) in [6.45, 7) is 2.77. The molecule has 0 saturated carbocycles. The summed E-state index contributed by atoms with van der Waals surface area (Å²) in [6, 6.07) is 20.0. The largest absolute Gasteiger partial charge is 0.497 e. The van der Waals surface area contributed by atoms with Crippen LogP contribution < -0.4 is 24.4 Å². The topological polar surface area (TPSA) is 77.1 Å². The number of nitrogens with zero attached hydrogens (tertiary/aromatic N) is 1. The minimum atomic E-state index is -0.328. The third-order valence-corrected chi connectivity index (χ3v) is 7.07. The summed E-state index contributed by atoms with van der Waals surface area (Å²) in [4.78, 5) is 27.8. The number of carbonyl (C=O) groups excluding carboxylic acids is 2. The second kappa shape index (κ2) is 11.9. The third-order valence-electron chi connectivity index (χ3n) is 5.87. The monoisotopic (exact) mass is 506 g/mol. The van der Waals surface area contributed by atoms with Gasteiger partial charge in [0.25, 0.3) is 5.91 Å². The van der Waals surface area contributed by atoms with Crippen molar-refractivity contribution in [2.45, 2.75) is 25.1 Å². The number of carbonyl (C=O) groups is 2. The van der Waals surface area contributed by atoms with Gasteiger partial charge >= 0.3 is 0 Å². The number of anilines is 2. The smallest absolute Gasteiger partial charge is 0.255 e. The maximum Gasteiger partial charge on any atom is 0.255 e. The lowest BCUT2D eigenvalue weighted by Crippen LogP contribution is -2.29. The molecule has 1 aliphatic heterocycles. The lowest BCUT2D eigenvalue weighted by molar-refractivity contribution is -0.115. The van der Waals surface area contributed by atoms with Crippen molar-refractivity contribution in [2.24, 2.45) is 0 Å². The van der Waals surface area contributed by atoms with Crippen LogP contribution in [0, 0.1) is 0 Å². The zero-order valence-electron chi connectivity index (χ0n) is 20.7. The molecule has 1 fully saturated rings. The van der Waals surface area contributed by atoms with E-state index in [-0.39, 0.29) is 17.2 Å². The van der Waals surface area contributed by atoms with Gasteiger partial charge in [-0.15, -0.1) is 11.8 Å². The van der Waals surface area contributed by atoms with Gasteiger partial charge in [-0.2, -0.15) is 0 Å². The first-order valence-electron chi connectivity index (χ1n) is 11.8. The summed E-state index contributed by atoms with van der Waals surface area (Å²) < 4.78 is 16.6. The van der Waals surface area contributed by atoms with E-state index in [1.54, 1.807) is 55.5 Å². The average Bonchev–Trinajstić information content (AvgIpc) is 3.29. The van der Waals surface area contributed by atoms with Crippen molar-refractivity contribution in [1.29, 1.82) is 0 Å². The first kappa shape index (κ1) is 25.4. The summed E-state index contributed by atoms with van der Waals surface area (Å²) in [5, 5.41) is 2.70. The molecule has 4 rings (SSSR count). The summed E-state index contributed by atoms with van der Waals surface area (Å²) >= 11 is 1.51. The number of unbranched alkanes of at least 4 members (excludes halogenated alkanes) is 1. The number of thioether (sulfide) groups is 1. The van der Waals surface area contributed by atoms with Crippen molar-refractivity contribution in [3.8, 4) is 17.2 Å². The standard InChI is InChI=1S/C28H30N2O5S/c1-4-5-16-35-20-12-10-19(11-13-20)27(32)29-23-9-7-6-8-22(23)28-30(26(31)18-36-28)24-15-14-21(33-2)17-25(24)34-3/h6-15,17,28H,4-5,16,18H2,1-3H3,(H,29,32)/t28-/m0/s1. The molecule has 0 bridgehead atoms. The summed E-state index contributed by atoms with van der Waals surface area (Å²) in [7, 11) is 3.15. The second-order valence-electron chi connectivity index (χ2n) is 8.23. The van der Waals surface area contributed by atoms with E-state index in [1.165, 1.54) is 11.8 Å². The first-order chi connectivity index (χ1) is 17.5. The number of rotatable bonds is 10. The van der Waals surface area contributed by atoms with Crippen LogP contribution in [0.25, 0.3) is 0 Å². The number of ether oxygens (including phenoxy) is 3. The number of hydrogen-bond donors (Lipinski definition) is 1. The molecule has 7 nitrogen and oxygen atoms in total. The Morgan fingerprint density at radius 2 is 1.78 bits per heavy atom. The molecule has 1 heterocycles. The summed E-state index contributed by atoms with van der Waals surface area (Å²) in [5.41, 5.74) is 2.66. The van der Waals surface area contributed by atoms with E-state index in [0.29, 0.717) is 40.8 Å². The molecule has 0 aromatic heterocycles. The fourth-order valence-electron chi connectivity index (χ4n) is 3.96. The zero-order valence-corrected chi connectivity index (χ0v) is 21.5. The van der Waals surface area contributed by atoms with Crippen molar-refractivity contribution in [3.63, 3.8) is 0 Å². The number of benzene rings is 3. The summed E-state index contributed by atoms with van der Waals surface area (Å²) in [6.07, 6.45) is 2.05. The molecule has 1 saturated heterocycles. The van der Waals surface area contributed by atoms with Crippen LogP contribution in [-0.4, -0.2) is 38.4 Å².